The summed E-state index contributed by atoms with van der Waals surface area (Å²) in [4.78, 5) is 31.5. The molecule has 0 bridgehead atoms. The number of esters is 1. The van der Waals surface area contributed by atoms with Gasteiger partial charge in [-0.15, -0.1) is 0 Å². The van der Waals surface area contributed by atoms with E-state index in [1.54, 1.807) is 20.8 Å². The van der Waals surface area contributed by atoms with Crippen molar-refractivity contribution in [3.05, 3.63) is 34.9 Å². The van der Waals surface area contributed by atoms with Crippen molar-refractivity contribution >= 4 is 11.8 Å². The zero-order valence-electron chi connectivity index (χ0n) is 12.4. The topological polar surface area (TPSA) is 87.0 Å². The smallest absolute Gasteiger partial charge is 0.341 e. The van der Waals surface area contributed by atoms with Crippen LogP contribution in [0.15, 0.2) is 12.4 Å². The Kier molecular flexibility index (Phi) is 4.11. The van der Waals surface area contributed by atoms with Gasteiger partial charge in [-0.25, -0.2) is 19.4 Å². The number of hydrogen-bond acceptors (Lipinski definition) is 6. The Morgan fingerprint density at radius 3 is 2.48 bits per heavy atom. The maximum absolute atomic E-state index is 11.7. The first-order valence-corrected chi connectivity index (χ1v) is 6.52. The molecule has 0 spiro atoms. The standard InChI is InChI=1S/C14H16N4O3/c1-5-21-13(20)11-6-15-14(17-8(11)2)18-9(3)12(7-16-18)10(4)19/h6-7H,5H2,1-4H3. The molecule has 0 unspecified atom stereocenters. The van der Waals surface area contributed by atoms with Gasteiger partial charge in [-0.2, -0.15) is 5.10 Å². The molecule has 0 atom stereocenters. The highest BCUT2D eigenvalue weighted by Crippen LogP contribution is 2.13. The number of hydrogen-bond donors (Lipinski definition) is 0. The van der Waals surface area contributed by atoms with Gasteiger partial charge < -0.3 is 4.74 Å². The zero-order chi connectivity index (χ0) is 15.6. The van der Waals surface area contributed by atoms with Gasteiger partial charge in [0.25, 0.3) is 5.95 Å². The van der Waals surface area contributed by atoms with Gasteiger partial charge in [-0.1, -0.05) is 0 Å². The minimum absolute atomic E-state index is 0.0707. The van der Waals surface area contributed by atoms with Crippen LogP contribution in [0.5, 0.6) is 0 Å². The monoisotopic (exact) mass is 288 g/mol. The van der Waals surface area contributed by atoms with Gasteiger partial charge in [0.15, 0.2) is 5.78 Å². The lowest BCUT2D eigenvalue weighted by atomic mass is 10.2. The SMILES string of the molecule is CCOC(=O)c1cnc(-n2ncc(C(C)=O)c2C)nc1C. The Hall–Kier alpha value is -2.57. The molecule has 2 heterocycles. The molecule has 110 valence electrons. The van der Waals surface area contributed by atoms with Crippen molar-refractivity contribution in [2.24, 2.45) is 0 Å². The highest BCUT2D eigenvalue weighted by molar-refractivity contribution is 5.95. The number of ether oxygens (including phenoxy) is 1. The van der Waals surface area contributed by atoms with Crippen molar-refractivity contribution in [3.63, 3.8) is 0 Å². The van der Waals surface area contributed by atoms with E-state index in [0.717, 1.165) is 0 Å². The molecule has 0 fully saturated rings. The summed E-state index contributed by atoms with van der Waals surface area (Å²) >= 11 is 0. The van der Waals surface area contributed by atoms with Gasteiger partial charge in [0.05, 0.1) is 35.3 Å². The third kappa shape index (κ3) is 2.81. The Bertz CT molecular complexity index is 706. The molecule has 0 aliphatic heterocycles. The van der Waals surface area contributed by atoms with E-state index in [2.05, 4.69) is 15.1 Å². The molecule has 2 rings (SSSR count). The number of aryl methyl sites for hydroxylation is 1. The third-order valence-corrected chi connectivity index (χ3v) is 3.04. The molecule has 0 aliphatic carbocycles. The van der Waals surface area contributed by atoms with Gasteiger partial charge in [0.1, 0.15) is 0 Å². The summed E-state index contributed by atoms with van der Waals surface area (Å²) in [6.45, 7) is 6.97. The highest BCUT2D eigenvalue weighted by Gasteiger charge is 2.16. The van der Waals surface area contributed by atoms with Crippen LogP contribution in [-0.4, -0.2) is 38.1 Å². The van der Waals surface area contributed by atoms with Crippen LogP contribution in [-0.2, 0) is 4.74 Å². The molecule has 0 aromatic carbocycles. The summed E-state index contributed by atoms with van der Waals surface area (Å²) in [6.07, 6.45) is 2.89. The lowest BCUT2D eigenvalue weighted by molar-refractivity contribution is 0.0524. The second-order valence-corrected chi connectivity index (χ2v) is 4.50. The van der Waals surface area contributed by atoms with Crippen LogP contribution in [0.2, 0.25) is 0 Å². The summed E-state index contributed by atoms with van der Waals surface area (Å²) < 4.78 is 6.40. The number of carbonyl (C=O) groups is 2. The molecule has 0 amide bonds. The summed E-state index contributed by atoms with van der Waals surface area (Å²) in [5, 5.41) is 4.11. The first kappa shape index (κ1) is 14.8. The predicted molar refractivity (Wildman–Crippen MR) is 74.6 cm³/mol. The second kappa shape index (κ2) is 5.82. The largest absolute Gasteiger partial charge is 0.462 e. The van der Waals surface area contributed by atoms with Gasteiger partial charge >= 0.3 is 5.97 Å². The van der Waals surface area contributed by atoms with Crippen LogP contribution >= 0.6 is 0 Å². The summed E-state index contributed by atoms with van der Waals surface area (Å²) in [5.74, 6) is -0.215. The van der Waals surface area contributed by atoms with Gasteiger partial charge in [0, 0.05) is 6.20 Å². The number of nitrogens with zero attached hydrogens (tertiary/aromatic N) is 4. The van der Waals surface area contributed by atoms with Crippen molar-refractivity contribution in [1.82, 2.24) is 19.7 Å². The first-order chi connectivity index (χ1) is 9.95. The van der Waals surface area contributed by atoms with E-state index in [9.17, 15) is 9.59 Å². The van der Waals surface area contributed by atoms with E-state index < -0.39 is 5.97 Å². The average molecular weight is 288 g/mol. The van der Waals surface area contributed by atoms with Crippen LogP contribution in [0, 0.1) is 13.8 Å². The molecular formula is C14H16N4O3. The maximum atomic E-state index is 11.7. The van der Waals surface area contributed by atoms with Gasteiger partial charge in [0.2, 0.25) is 0 Å². The predicted octanol–water partition coefficient (Wildman–Crippen LogP) is 1.66. The maximum Gasteiger partial charge on any atom is 0.341 e. The lowest BCUT2D eigenvalue weighted by Gasteiger charge is -2.07. The number of Topliss-reactive ketones (excluding diaryl/α,β-unsaturated/α-hetero) is 1. The van der Waals surface area contributed by atoms with E-state index >= 15 is 0 Å². The van der Waals surface area contributed by atoms with E-state index in [4.69, 9.17) is 4.74 Å². The van der Waals surface area contributed by atoms with Crippen molar-refractivity contribution in [3.8, 4) is 5.95 Å². The highest BCUT2D eigenvalue weighted by atomic mass is 16.5. The summed E-state index contributed by atoms with van der Waals surface area (Å²) in [7, 11) is 0. The van der Waals surface area contributed by atoms with Crippen LogP contribution in [0.1, 0.15) is 46.0 Å². The van der Waals surface area contributed by atoms with Crippen molar-refractivity contribution < 1.29 is 14.3 Å². The fourth-order valence-electron chi connectivity index (χ4n) is 1.92. The van der Waals surface area contributed by atoms with E-state index in [1.807, 2.05) is 0 Å². The van der Waals surface area contributed by atoms with E-state index in [0.29, 0.717) is 35.1 Å². The fraction of sp³-hybridized carbons (Fsp3) is 0.357. The minimum Gasteiger partial charge on any atom is -0.462 e. The molecule has 0 aliphatic rings. The van der Waals surface area contributed by atoms with Crippen LogP contribution in [0.4, 0.5) is 0 Å². The van der Waals surface area contributed by atoms with Gasteiger partial charge in [-0.05, 0) is 27.7 Å². The number of carbonyl (C=O) groups excluding carboxylic acids is 2. The average Bonchev–Trinajstić information content (AvgIpc) is 2.80. The first-order valence-electron chi connectivity index (χ1n) is 6.52. The molecular weight excluding hydrogens is 272 g/mol. The quantitative estimate of drug-likeness (QED) is 0.628. The molecule has 7 nitrogen and oxygen atoms in total. The van der Waals surface area contributed by atoms with Crippen molar-refractivity contribution in [1.29, 1.82) is 0 Å². The molecule has 0 radical (unpaired) electrons. The van der Waals surface area contributed by atoms with Crippen molar-refractivity contribution in [2.45, 2.75) is 27.7 Å². The summed E-state index contributed by atoms with van der Waals surface area (Å²) in [5.41, 5.74) is 1.99. The molecule has 7 heteroatoms. The second-order valence-electron chi connectivity index (χ2n) is 4.50. The molecule has 2 aromatic heterocycles. The third-order valence-electron chi connectivity index (χ3n) is 3.04. The van der Waals surface area contributed by atoms with Crippen molar-refractivity contribution in [2.75, 3.05) is 6.61 Å². The minimum atomic E-state index is -0.455. The van der Waals surface area contributed by atoms with E-state index in [-0.39, 0.29) is 5.78 Å². The Morgan fingerprint density at radius 2 is 1.95 bits per heavy atom. The zero-order valence-corrected chi connectivity index (χ0v) is 12.4. The molecule has 0 saturated heterocycles. The van der Waals surface area contributed by atoms with Crippen LogP contribution in [0.3, 0.4) is 0 Å². The lowest BCUT2D eigenvalue weighted by Crippen LogP contribution is -2.12. The van der Waals surface area contributed by atoms with Gasteiger partial charge in [-0.3, -0.25) is 4.79 Å². The number of aromatic nitrogens is 4. The van der Waals surface area contributed by atoms with Crippen LogP contribution < -0.4 is 0 Å². The van der Waals surface area contributed by atoms with E-state index in [1.165, 1.54) is 24.0 Å². The Labute approximate surface area is 122 Å². The summed E-state index contributed by atoms with van der Waals surface area (Å²) in [6, 6.07) is 0. The number of rotatable bonds is 4. The van der Waals surface area contributed by atoms with Crippen LogP contribution in [0.25, 0.3) is 5.95 Å². The normalized spacial score (nSPS) is 10.5. The molecule has 2 aromatic rings. The Balaban J connectivity index is 2.41. The molecule has 0 saturated carbocycles. The fourth-order valence-corrected chi connectivity index (χ4v) is 1.92. The molecule has 0 N–H and O–H groups in total. The molecule has 21 heavy (non-hydrogen) atoms. The Morgan fingerprint density at radius 1 is 1.24 bits per heavy atom. The number of ketones is 1.